The van der Waals surface area contributed by atoms with Gasteiger partial charge >= 0.3 is 0 Å². The highest BCUT2D eigenvalue weighted by molar-refractivity contribution is 5.93. The Morgan fingerprint density at radius 1 is 1.19 bits per heavy atom. The van der Waals surface area contributed by atoms with Crippen molar-refractivity contribution in [1.29, 1.82) is 0 Å². The van der Waals surface area contributed by atoms with Crippen molar-refractivity contribution in [2.24, 2.45) is 17.8 Å². The first-order valence-corrected chi connectivity index (χ1v) is 8.52. The minimum absolute atomic E-state index is 0.103. The third-order valence-electron chi connectivity index (χ3n) is 5.16. The van der Waals surface area contributed by atoms with E-state index < -0.39 is 0 Å². The number of H-pyrrole nitrogens is 1. The van der Waals surface area contributed by atoms with Crippen molar-refractivity contribution in [3.05, 3.63) is 58.1 Å². The van der Waals surface area contributed by atoms with Gasteiger partial charge in [0.1, 0.15) is 17.2 Å². The van der Waals surface area contributed by atoms with Gasteiger partial charge in [-0.3, -0.25) is 14.4 Å². The van der Waals surface area contributed by atoms with Gasteiger partial charge in [0.2, 0.25) is 5.56 Å². The van der Waals surface area contributed by atoms with Crippen LogP contribution in [0.2, 0.25) is 0 Å². The van der Waals surface area contributed by atoms with E-state index in [2.05, 4.69) is 15.3 Å². The number of hydrogen-bond acceptors (Lipinski definition) is 5. The summed E-state index contributed by atoms with van der Waals surface area (Å²) in [5.74, 6) is 1.11. The van der Waals surface area contributed by atoms with E-state index in [0.717, 1.165) is 0 Å². The van der Waals surface area contributed by atoms with Crippen molar-refractivity contribution in [3.63, 3.8) is 0 Å². The maximum absolute atomic E-state index is 12.5. The largest absolute Gasteiger partial charge is 0.384 e. The van der Waals surface area contributed by atoms with Gasteiger partial charge in [0.05, 0.1) is 0 Å². The molecular formula is C18H19N5O3. The number of amides is 2. The quantitative estimate of drug-likeness (QED) is 0.720. The number of nitrogens with one attached hydrogen (secondary N) is 2. The maximum Gasteiger partial charge on any atom is 0.272 e. The van der Waals surface area contributed by atoms with Gasteiger partial charge in [0.25, 0.3) is 11.8 Å². The molecule has 0 aromatic carbocycles. The molecule has 2 aromatic rings. The Morgan fingerprint density at radius 2 is 1.92 bits per heavy atom. The highest BCUT2D eigenvalue weighted by Crippen LogP contribution is 2.51. The summed E-state index contributed by atoms with van der Waals surface area (Å²) in [5.41, 5.74) is 5.96. The topological polar surface area (TPSA) is 121 Å². The van der Waals surface area contributed by atoms with E-state index in [0.29, 0.717) is 48.9 Å². The third-order valence-corrected chi connectivity index (χ3v) is 5.16. The van der Waals surface area contributed by atoms with Gasteiger partial charge in [-0.15, -0.1) is 0 Å². The van der Waals surface area contributed by atoms with Crippen LogP contribution in [0.1, 0.15) is 21.0 Å². The molecule has 3 heterocycles. The van der Waals surface area contributed by atoms with Crippen LogP contribution in [0.4, 0.5) is 5.82 Å². The molecule has 0 bridgehead atoms. The molecule has 134 valence electrons. The number of piperidine rings is 1. The van der Waals surface area contributed by atoms with E-state index in [1.807, 2.05) is 0 Å². The number of aromatic amines is 1. The molecule has 2 fully saturated rings. The SMILES string of the molecule is Nc1cccc(C(=O)N2CC3C(CNC(=O)c4cccc(=O)[nH]4)C3C2)n1. The molecule has 1 saturated carbocycles. The zero-order valence-electron chi connectivity index (χ0n) is 14.0. The summed E-state index contributed by atoms with van der Waals surface area (Å²) in [4.78, 5) is 44.2. The summed E-state index contributed by atoms with van der Waals surface area (Å²) in [6.45, 7) is 1.88. The second-order valence-corrected chi connectivity index (χ2v) is 6.79. The van der Waals surface area contributed by atoms with Crippen LogP contribution in [0.3, 0.4) is 0 Å². The van der Waals surface area contributed by atoms with Crippen molar-refractivity contribution >= 4 is 17.6 Å². The van der Waals surface area contributed by atoms with E-state index in [4.69, 9.17) is 5.73 Å². The second-order valence-electron chi connectivity index (χ2n) is 6.79. The first-order chi connectivity index (χ1) is 12.5. The van der Waals surface area contributed by atoms with Gasteiger partial charge in [-0.1, -0.05) is 12.1 Å². The van der Waals surface area contributed by atoms with Gasteiger partial charge < -0.3 is 20.9 Å². The smallest absolute Gasteiger partial charge is 0.272 e. The van der Waals surface area contributed by atoms with Crippen molar-refractivity contribution in [1.82, 2.24) is 20.2 Å². The van der Waals surface area contributed by atoms with E-state index >= 15 is 0 Å². The molecule has 2 amide bonds. The lowest BCUT2D eigenvalue weighted by molar-refractivity contribution is 0.0759. The molecule has 2 atom stereocenters. The van der Waals surface area contributed by atoms with Gasteiger partial charge in [-0.05, 0) is 36.0 Å². The molecule has 1 aliphatic carbocycles. The lowest BCUT2D eigenvalue weighted by atomic mass is 10.2. The summed E-state index contributed by atoms with van der Waals surface area (Å²) >= 11 is 0. The first kappa shape index (κ1) is 16.3. The average molecular weight is 353 g/mol. The Balaban J connectivity index is 1.29. The van der Waals surface area contributed by atoms with Crippen LogP contribution < -0.4 is 16.6 Å². The zero-order chi connectivity index (χ0) is 18.3. The minimum atomic E-state index is -0.301. The fourth-order valence-corrected chi connectivity index (χ4v) is 3.74. The molecular weight excluding hydrogens is 334 g/mol. The summed E-state index contributed by atoms with van der Waals surface area (Å²) in [7, 11) is 0. The number of rotatable bonds is 4. The molecule has 2 aromatic heterocycles. The number of nitrogen functional groups attached to an aromatic ring is 1. The summed E-state index contributed by atoms with van der Waals surface area (Å²) in [5, 5.41) is 2.86. The molecule has 2 unspecified atom stereocenters. The Bertz CT molecular complexity index is 913. The number of carbonyl (C=O) groups is 2. The van der Waals surface area contributed by atoms with Crippen LogP contribution in [-0.4, -0.2) is 46.3 Å². The van der Waals surface area contributed by atoms with Crippen LogP contribution in [0, 0.1) is 17.8 Å². The summed E-state index contributed by atoms with van der Waals surface area (Å²) in [6.07, 6.45) is 0. The molecule has 2 aliphatic rings. The average Bonchev–Trinajstić information content (AvgIpc) is 3.08. The van der Waals surface area contributed by atoms with Crippen molar-refractivity contribution < 1.29 is 9.59 Å². The number of fused-ring (bicyclic) bond motifs is 1. The number of carbonyl (C=O) groups excluding carboxylic acids is 2. The zero-order valence-corrected chi connectivity index (χ0v) is 14.0. The first-order valence-electron chi connectivity index (χ1n) is 8.52. The highest BCUT2D eigenvalue weighted by Gasteiger charge is 2.56. The van der Waals surface area contributed by atoms with Crippen molar-refractivity contribution in [2.75, 3.05) is 25.4 Å². The molecule has 4 rings (SSSR count). The molecule has 26 heavy (non-hydrogen) atoms. The van der Waals surface area contributed by atoms with Crippen LogP contribution in [0.15, 0.2) is 41.2 Å². The van der Waals surface area contributed by atoms with Crippen molar-refractivity contribution in [2.45, 2.75) is 0 Å². The number of hydrogen-bond donors (Lipinski definition) is 3. The summed E-state index contributed by atoms with van der Waals surface area (Å²) < 4.78 is 0. The van der Waals surface area contributed by atoms with E-state index in [1.165, 1.54) is 6.07 Å². The fourth-order valence-electron chi connectivity index (χ4n) is 3.74. The van der Waals surface area contributed by atoms with Gasteiger partial charge in [-0.2, -0.15) is 0 Å². The van der Waals surface area contributed by atoms with Crippen LogP contribution in [0.5, 0.6) is 0 Å². The molecule has 1 saturated heterocycles. The molecule has 8 nitrogen and oxygen atoms in total. The molecule has 1 aliphatic heterocycles. The minimum Gasteiger partial charge on any atom is -0.384 e. The Hall–Kier alpha value is -3.16. The fraction of sp³-hybridized carbons (Fsp3) is 0.333. The van der Waals surface area contributed by atoms with Crippen LogP contribution >= 0.6 is 0 Å². The van der Waals surface area contributed by atoms with Gasteiger partial charge in [0, 0.05) is 25.7 Å². The van der Waals surface area contributed by atoms with Gasteiger partial charge in [-0.25, -0.2) is 4.98 Å². The monoisotopic (exact) mass is 353 g/mol. The predicted molar refractivity (Wildman–Crippen MR) is 94.4 cm³/mol. The lowest BCUT2D eigenvalue weighted by Gasteiger charge is -2.19. The Kier molecular flexibility index (Phi) is 3.95. The Morgan fingerprint density at radius 3 is 2.62 bits per heavy atom. The third kappa shape index (κ3) is 3.05. The van der Waals surface area contributed by atoms with Gasteiger partial charge in [0.15, 0.2) is 0 Å². The normalized spacial score (nSPS) is 23.4. The highest BCUT2D eigenvalue weighted by atomic mass is 16.2. The predicted octanol–water partition coefficient (Wildman–Crippen LogP) is 0.100. The van der Waals surface area contributed by atoms with Crippen LogP contribution in [0.25, 0.3) is 0 Å². The van der Waals surface area contributed by atoms with E-state index in [-0.39, 0.29) is 23.1 Å². The lowest BCUT2D eigenvalue weighted by Crippen LogP contribution is -2.35. The van der Waals surface area contributed by atoms with Crippen molar-refractivity contribution in [3.8, 4) is 0 Å². The molecule has 0 radical (unpaired) electrons. The number of aromatic nitrogens is 2. The standard InChI is InChI=1S/C18H19N5O3/c19-15-5-1-4-14(21-15)18(26)23-8-11-10(12(11)9-23)7-20-17(25)13-3-2-6-16(24)22-13/h1-6,10-12H,7-9H2,(H2,19,21)(H,20,25)(H,22,24). The number of nitrogens with zero attached hydrogens (tertiary/aromatic N) is 2. The number of nitrogens with two attached hydrogens (primary N) is 1. The number of anilines is 1. The van der Waals surface area contributed by atoms with Crippen LogP contribution in [-0.2, 0) is 0 Å². The summed E-state index contributed by atoms with van der Waals surface area (Å²) in [6, 6.07) is 9.52. The molecule has 0 spiro atoms. The molecule has 8 heteroatoms. The Labute approximate surface area is 149 Å². The maximum atomic E-state index is 12.5. The number of pyridine rings is 2. The van der Waals surface area contributed by atoms with E-state index in [9.17, 15) is 14.4 Å². The van der Waals surface area contributed by atoms with E-state index in [1.54, 1.807) is 35.2 Å². The second kappa shape index (κ2) is 6.29. The molecule has 4 N–H and O–H groups in total. The number of likely N-dealkylation sites (tertiary alicyclic amines) is 1.